The van der Waals surface area contributed by atoms with Crippen molar-refractivity contribution >= 4 is 40.7 Å². The quantitative estimate of drug-likeness (QED) is 0.441. The maximum atomic E-state index is 13.9. The minimum atomic E-state index is -0.471. The van der Waals surface area contributed by atoms with Crippen LogP contribution in [0.2, 0.25) is 0 Å². The Morgan fingerprint density at radius 1 is 0.784 bits per heavy atom. The number of carbonyl (C=O) groups is 4. The molecule has 6 rings (SSSR count). The van der Waals surface area contributed by atoms with Gasteiger partial charge in [-0.2, -0.15) is 0 Å². The number of hydrogen-bond acceptors (Lipinski definition) is 5. The van der Waals surface area contributed by atoms with Crippen LogP contribution in [0, 0.1) is 5.92 Å². The summed E-state index contributed by atoms with van der Waals surface area (Å²) in [5.74, 6) is -1.71. The van der Waals surface area contributed by atoms with Crippen LogP contribution >= 0.6 is 0 Å². The molecule has 2 heterocycles. The van der Waals surface area contributed by atoms with E-state index in [9.17, 15) is 19.2 Å². The van der Waals surface area contributed by atoms with Gasteiger partial charge in [-0.15, -0.1) is 0 Å². The van der Waals surface area contributed by atoms with Crippen LogP contribution in [0.4, 0.5) is 17.1 Å². The Hall–Kier alpha value is -4.46. The number of imide groups is 1. The van der Waals surface area contributed by atoms with Gasteiger partial charge in [0.1, 0.15) is 6.54 Å². The third kappa shape index (κ3) is 3.76. The minimum absolute atomic E-state index is 0.0252. The van der Waals surface area contributed by atoms with E-state index in [0.717, 1.165) is 16.9 Å². The van der Waals surface area contributed by atoms with Gasteiger partial charge in [0.2, 0.25) is 11.8 Å². The maximum Gasteiger partial charge on any atom is 0.262 e. The van der Waals surface area contributed by atoms with Crippen molar-refractivity contribution in [1.29, 1.82) is 0 Å². The Morgan fingerprint density at radius 3 is 2.08 bits per heavy atom. The highest BCUT2D eigenvalue weighted by atomic mass is 16.2. The fourth-order valence-corrected chi connectivity index (χ4v) is 5.81. The Bertz CT molecular complexity index is 1400. The molecule has 4 amide bonds. The van der Waals surface area contributed by atoms with Gasteiger partial charge in [-0.25, -0.2) is 0 Å². The molecule has 0 aromatic heterocycles. The van der Waals surface area contributed by atoms with Crippen molar-refractivity contribution in [3.05, 3.63) is 89.5 Å². The van der Waals surface area contributed by atoms with Gasteiger partial charge in [-0.05, 0) is 54.8 Å². The highest BCUT2D eigenvalue weighted by Gasteiger charge is 2.46. The Kier molecular flexibility index (Phi) is 5.52. The topological polar surface area (TPSA) is 104 Å². The molecular weight excluding hydrogens is 468 g/mol. The van der Waals surface area contributed by atoms with Crippen molar-refractivity contribution in [3.63, 3.8) is 0 Å². The summed E-state index contributed by atoms with van der Waals surface area (Å²) >= 11 is 0. The van der Waals surface area contributed by atoms with Crippen molar-refractivity contribution < 1.29 is 19.2 Å². The number of nitrogen functional groups attached to an aromatic ring is 1. The van der Waals surface area contributed by atoms with Crippen molar-refractivity contribution in [3.8, 4) is 0 Å². The molecule has 2 aliphatic heterocycles. The van der Waals surface area contributed by atoms with E-state index in [1.165, 1.54) is 0 Å². The summed E-state index contributed by atoms with van der Waals surface area (Å²) in [4.78, 5) is 58.1. The third-order valence-electron chi connectivity index (χ3n) is 7.59. The number of nitrogens with two attached hydrogens (primary N) is 1. The van der Waals surface area contributed by atoms with E-state index < -0.39 is 11.8 Å². The summed E-state index contributed by atoms with van der Waals surface area (Å²) in [6, 6.07) is 21.0. The molecule has 0 bridgehead atoms. The minimum Gasteiger partial charge on any atom is -0.399 e. The lowest BCUT2D eigenvalue weighted by Crippen LogP contribution is -2.49. The average molecular weight is 495 g/mol. The van der Waals surface area contributed by atoms with Crippen LogP contribution in [0.1, 0.15) is 45.5 Å². The van der Waals surface area contributed by atoms with E-state index in [0.29, 0.717) is 47.6 Å². The number of rotatable bonds is 4. The molecule has 2 N–H and O–H groups in total. The van der Waals surface area contributed by atoms with E-state index in [2.05, 4.69) is 0 Å². The van der Waals surface area contributed by atoms with Crippen LogP contribution in [0.25, 0.3) is 0 Å². The van der Waals surface area contributed by atoms with Crippen LogP contribution in [-0.2, 0) is 16.1 Å². The summed E-state index contributed by atoms with van der Waals surface area (Å²) in [7, 11) is 0. The van der Waals surface area contributed by atoms with Crippen molar-refractivity contribution in [1.82, 2.24) is 4.90 Å². The first-order chi connectivity index (χ1) is 17.9. The number of nitrogens with zero attached hydrogens (tertiary/aromatic N) is 3. The predicted molar refractivity (Wildman–Crippen MR) is 139 cm³/mol. The average Bonchev–Trinajstić information content (AvgIpc) is 3.46. The lowest BCUT2D eigenvalue weighted by molar-refractivity contribution is -0.123. The summed E-state index contributed by atoms with van der Waals surface area (Å²) in [5.41, 5.74) is 9.28. The zero-order valence-corrected chi connectivity index (χ0v) is 20.2. The Morgan fingerprint density at radius 2 is 1.41 bits per heavy atom. The lowest BCUT2D eigenvalue weighted by Gasteiger charge is -2.31. The van der Waals surface area contributed by atoms with Gasteiger partial charge in [0.05, 0.1) is 35.0 Å². The van der Waals surface area contributed by atoms with Gasteiger partial charge < -0.3 is 15.5 Å². The molecule has 0 radical (unpaired) electrons. The monoisotopic (exact) mass is 494 g/mol. The van der Waals surface area contributed by atoms with Gasteiger partial charge in [-0.3, -0.25) is 24.1 Å². The Balaban J connectivity index is 1.37. The van der Waals surface area contributed by atoms with Gasteiger partial charge >= 0.3 is 0 Å². The van der Waals surface area contributed by atoms with Gasteiger partial charge in [-0.1, -0.05) is 42.8 Å². The molecule has 8 nitrogen and oxygen atoms in total. The molecule has 1 fully saturated rings. The second-order valence-electron chi connectivity index (χ2n) is 9.77. The molecule has 2 atom stereocenters. The van der Waals surface area contributed by atoms with Gasteiger partial charge in [0.25, 0.3) is 11.8 Å². The van der Waals surface area contributed by atoms with E-state index >= 15 is 0 Å². The first kappa shape index (κ1) is 23.0. The molecule has 3 aromatic rings. The van der Waals surface area contributed by atoms with Crippen LogP contribution < -0.4 is 15.5 Å². The maximum absolute atomic E-state index is 13.9. The SMILES string of the molecule is Nc1ccc(CN2C(=O)[C@H]3CCC[C@H]3N(C(=O)CN3C(=O)c4ccccc4C3=O)c3ccccc32)cc1. The molecule has 3 aliphatic rings. The summed E-state index contributed by atoms with van der Waals surface area (Å²) < 4.78 is 0. The van der Waals surface area contributed by atoms with Crippen molar-refractivity contribution in [2.45, 2.75) is 31.8 Å². The third-order valence-corrected chi connectivity index (χ3v) is 7.59. The largest absolute Gasteiger partial charge is 0.399 e. The smallest absolute Gasteiger partial charge is 0.262 e. The van der Waals surface area contributed by atoms with Crippen LogP contribution in [0.3, 0.4) is 0 Å². The number of para-hydroxylation sites is 2. The summed E-state index contributed by atoms with van der Waals surface area (Å²) in [6.07, 6.45) is 2.16. The predicted octanol–water partition coefficient (Wildman–Crippen LogP) is 3.61. The van der Waals surface area contributed by atoms with Crippen molar-refractivity contribution in [2.24, 2.45) is 5.92 Å². The van der Waals surface area contributed by atoms with Crippen LogP contribution in [0.5, 0.6) is 0 Å². The number of anilines is 3. The second kappa shape index (κ2) is 8.89. The molecule has 8 heteroatoms. The Labute approximate surface area is 214 Å². The second-order valence-corrected chi connectivity index (χ2v) is 9.77. The molecule has 3 aromatic carbocycles. The zero-order valence-electron chi connectivity index (χ0n) is 20.2. The van der Waals surface area contributed by atoms with E-state index in [1.807, 2.05) is 36.4 Å². The summed E-state index contributed by atoms with van der Waals surface area (Å²) in [6.45, 7) is -0.0319. The van der Waals surface area contributed by atoms with E-state index in [1.54, 1.807) is 46.2 Å². The van der Waals surface area contributed by atoms with E-state index in [-0.39, 0.29) is 30.3 Å². The fourth-order valence-electron chi connectivity index (χ4n) is 5.81. The van der Waals surface area contributed by atoms with Gasteiger partial charge in [0, 0.05) is 11.7 Å². The molecule has 0 unspecified atom stereocenters. The molecule has 1 saturated carbocycles. The highest BCUT2D eigenvalue weighted by molar-refractivity contribution is 6.23. The van der Waals surface area contributed by atoms with Crippen molar-refractivity contribution in [2.75, 3.05) is 22.1 Å². The van der Waals surface area contributed by atoms with E-state index in [4.69, 9.17) is 5.73 Å². The molecule has 1 aliphatic carbocycles. The lowest BCUT2D eigenvalue weighted by atomic mass is 10.0. The molecule has 186 valence electrons. The zero-order chi connectivity index (χ0) is 25.7. The number of hydrogen-bond donors (Lipinski definition) is 1. The number of fused-ring (bicyclic) bond motifs is 3. The number of benzene rings is 3. The molecular formula is C29H26N4O4. The first-order valence-corrected chi connectivity index (χ1v) is 12.5. The molecule has 37 heavy (non-hydrogen) atoms. The first-order valence-electron chi connectivity index (χ1n) is 12.5. The standard InChI is InChI=1S/C29H26N4O4/c30-19-14-12-18(13-15-19)16-31-24-9-3-4-10-25(24)33(23-11-5-8-22(23)29(31)37)26(34)17-32-27(35)20-6-1-2-7-21(20)28(32)36/h1-4,6-7,9-10,12-15,22-23H,5,8,11,16-17,30H2/t22-,23+/m0/s1. The summed E-state index contributed by atoms with van der Waals surface area (Å²) in [5, 5.41) is 0. The molecule has 0 saturated heterocycles. The van der Waals surface area contributed by atoms with Crippen LogP contribution in [0.15, 0.2) is 72.8 Å². The van der Waals surface area contributed by atoms with Gasteiger partial charge in [0.15, 0.2) is 0 Å². The normalized spacial score (nSPS) is 20.5. The van der Waals surface area contributed by atoms with Crippen LogP contribution in [-0.4, -0.2) is 41.1 Å². The fraction of sp³-hybridized carbons (Fsp3) is 0.241. The number of carbonyl (C=O) groups excluding carboxylic acids is 4. The molecule has 0 spiro atoms. The number of amides is 4. The highest BCUT2D eigenvalue weighted by Crippen LogP contribution is 2.43.